The Labute approximate surface area is 157 Å². The average molecular weight is 371 g/mol. The molecule has 1 aliphatic heterocycles. The van der Waals surface area contributed by atoms with Gasteiger partial charge in [-0.3, -0.25) is 5.01 Å². The number of unbranched alkanes of at least 4 members (excludes halogenated alkanes) is 1. The highest BCUT2D eigenvalue weighted by atomic mass is 28.4. The second-order valence-corrected chi connectivity index (χ2v) is 13.5. The molecule has 0 bridgehead atoms. The van der Waals surface area contributed by atoms with Crippen molar-refractivity contribution in [2.24, 2.45) is 11.0 Å². The number of hydrazone groups is 1. The van der Waals surface area contributed by atoms with E-state index in [9.17, 15) is 0 Å². The fourth-order valence-corrected chi connectivity index (χ4v) is 5.34. The van der Waals surface area contributed by atoms with E-state index in [2.05, 4.69) is 52.3 Å². The van der Waals surface area contributed by atoms with Gasteiger partial charge < -0.3 is 9.16 Å². The van der Waals surface area contributed by atoms with Gasteiger partial charge in [-0.25, -0.2) is 0 Å². The third kappa shape index (κ3) is 8.22. The number of rotatable bonds is 11. The molecule has 1 fully saturated rings. The Balaban J connectivity index is 2.96. The SMILES string of the molecule is CCCCC(C)(C/C(=N/N1CCC[C@H]1COC)C(C)C)O[Si](C)(C)C. The average Bonchev–Trinajstić information content (AvgIpc) is 2.90. The molecule has 1 unspecified atom stereocenters. The van der Waals surface area contributed by atoms with Crippen LogP contribution < -0.4 is 0 Å². The lowest BCUT2D eigenvalue weighted by Gasteiger charge is -2.38. The van der Waals surface area contributed by atoms with Gasteiger partial charge in [0.05, 0.1) is 18.2 Å². The molecule has 1 heterocycles. The fourth-order valence-electron chi connectivity index (χ4n) is 3.68. The Hall–Kier alpha value is -0.393. The maximum Gasteiger partial charge on any atom is 0.184 e. The van der Waals surface area contributed by atoms with Gasteiger partial charge in [-0.2, -0.15) is 5.10 Å². The van der Waals surface area contributed by atoms with Crippen LogP contribution in [0, 0.1) is 5.92 Å². The molecule has 25 heavy (non-hydrogen) atoms. The molecule has 1 rings (SSSR count). The summed E-state index contributed by atoms with van der Waals surface area (Å²) in [5.41, 5.74) is 1.18. The minimum absolute atomic E-state index is 0.0972. The summed E-state index contributed by atoms with van der Waals surface area (Å²) >= 11 is 0. The molecular weight excluding hydrogens is 328 g/mol. The molecule has 0 spiro atoms. The minimum Gasteiger partial charge on any atom is -0.412 e. The van der Waals surface area contributed by atoms with E-state index in [0.717, 1.165) is 26.0 Å². The number of ether oxygens (including phenoxy) is 1. The summed E-state index contributed by atoms with van der Waals surface area (Å²) in [6.07, 6.45) is 6.86. The van der Waals surface area contributed by atoms with Gasteiger partial charge >= 0.3 is 0 Å². The second kappa shape index (κ2) is 10.1. The van der Waals surface area contributed by atoms with Gasteiger partial charge in [-0.1, -0.05) is 33.6 Å². The number of hydrogen-bond donors (Lipinski definition) is 0. The van der Waals surface area contributed by atoms with E-state index in [0.29, 0.717) is 12.0 Å². The molecule has 4 nitrogen and oxygen atoms in total. The molecular formula is C20H42N2O2Si. The van der Waals surface area contributed by atoms with Crippen molar-refractivity contribution in [2.45, 2.75) is 97.5 Å². The normalized spacial score (nSPS) is 21.9. The Morgan fingerprint density at radius 2 is 2.00 bits per heavy atom. The van der Waals surface area contributed by atoms with Crippen molar-refractivity contribution < 1.29 is 9.16 Å². The van der Waals surface area contributed by atoms with Gasteiger partial charge in [0, 0.05) is 25.8 Å². The second-order valence-electron chi connectivity index (χ2n) is 9.11. The van der Waals surface area contributed by atoms with E-state index < -0.39 is 8.32 Å². The van der Waals surface area contributed by atoms with Crippen molar-refractivity contribution in [3.63, 3.8) is 0 Å². The van der Waals surface area contributed by atoms with Crippen LogP contribution >= 0.6 is 0 Å². The summed E-state index contributed by atoms with van der Waals surface area (Å²) in [4.78, 5) is 0. The summed E-state index contributed by atoms with van der Waals surface area (Å²) in [5, 5.41) is 7.38. The van der Waals surface area contributed by atoms with Gasteiger partial charge in [-0.05, 0) is 51.7 Å². The third-order valence-corrected chi connectivity index (χ3v) is 5.90. The van der Waals surface area contributed by atoms with Gasteiger partial charge in [0.2, 0.25) is 0 Å². The van der Waals surface area contributed by atoms with Crippen molar-refractivity contribution in [2.75, 3.05) is 20.3 Å². The van der Waals surface area contributed by atoms with Crippen molar-refractivity contribution in [1.29, 1.82) is 0 Å². The van der Waals surface area contributed by atoms with Crippen LogP contribution in [-0.2, 0) is 9.16 Å². The third-order valence-electron chi connectivity index (χ3n) is 4.80. The van der Waals surface area contributed by atoms with Gasteiger partial charge in [-0.15, -0.1) is 0 Å². The summed E-state index contributed by atoms with van der Waals surface area (Å²) in [6.45, 7) is 17.8. The summed E-state index contributed by atoms with van der Waals surface area (Å²) in [7, 11) is 0.182. The first-order valence-corrected chi connectivity index (χ1v) is 13.5. The van der Waals surface area contributed by atoms with Crippen molar-refractivity contribution in [1.82, 2.24) is 5.01 Å². The van der Waals surface area contributed by atoms with Crippen LogP contribution in [0.25, 0.3) is 0 Å². The van der Waals surface area contributed by atoms with E-state index in [1.54, 1.807) is 7.11 Å². The topological polar surface area (TPSA) is 34.1 Å². The van der Waals surface area contributed by atoms with Crippen LogP contribution in [0.2, 0.25) is 19.6 Å². The molecule has 0 saturated carbocycles. The molecule has 5 heteroatoms. The first kappa shape index (κ1) is 22.6. The molecule has 1 aliphatic rings. The smallest absolute Gasteiger partial charge is 0.184 e. The Morgan fingerprint density at radius 3 is 2.52 bits per heavy atom. The summed E-state index contributed by atoms with van der Waals surface area (Å²) < 4.78 is 12.0. The van der Waals surface area contributed by atoms with Gasteiger partial charge in [0.1, 0.15) is 0 Å². The Morgan fingerprint density at radius 1 is 1.32 bits per heavy atom. The molecule has 0 N–H and O–H groups in total. The van der Waals surface area contributed by atoms with E-state index in [4.69, 9.17) is 14.3 Å². The summed E-state index contributed by atoms with van der Waals surface area (Å²) in [5.74, 6) is 0.440. The van der Waals surface area contributed by atoms with Crippen LogP contribution in [0.4, 0.5) is 0 Å². The number of hydrogen-bond acceptors (Lipinski definition) is 4. The first-order valence-electron chi connectivity index (χ1n) is 10.1. The molecule has 1 saturated heterocycles. The Bertz CT molecular complexity index is 420. The maximum absolute atomic E-state index is 6.66. The summed E-state index contributed by atoms with van der Waals surface area (Å²) in [6, 6.07) is 0.429. The van der Waals surface area contributed by atoms with E-state index >= 15 is 0 Å². The van der Waals surface area contributed by atoms with E-state index in [-0.39, 0.29) is 5.60 Å². The standard InChI is InChI=1S/C20H42N2O2Si/c1-9-10-13-20(4,24-25(6,7)8)15-19(17(2)3)21-22-14-11-12-18(22)16-23-5/h17-18H,9-16H2,1-8H3/b21-19-/t18-,20?/m0/s1. The molecule has 0 amide bonds. The minimum atomic E-state index is -1.60. The maximum atomic E-state index is 6.66. The van der Waals surface area contributed by atoms with Crippen molar-refractivity contribution in [3.05, 3.63) is 0 Å². The molecule has 2 atom stereocenters. The van der Waals surface area contributed by atoms with Gasteiger partial charge in [0.25, 0.3) is 0 Å². The molecule has 0 aliphatic carbocycles. The lowest BCUT2D eigenvalue weighted by Crippen LogP contribution is -2.43. The monoisotopic (exact) mass is 370 g/mol. The Kier molecular flexibility index (Phi) is 9.13. The fraction of sp³-hybridized carbons (Fsp3) is 0.950. The van der Waals surface area contributed by atoms with E-state index in [1.165, 1.54) is 31.4 Å². The molecule has 0 aromatic carbocycles. The predicted octanol–water partition coefficient (Wildman–Crippen LogP) is 5.30. The zero-order chi connectivity index (χ0) is 19.1. The predicted molar refractivity (Wildman–Crippen MR) is 111 cm³/mol. The number of nitrogens with zero attached hydrogens (tertiary/aromatic N) is 2. The van der Waals surface area contributed by atoms with Crippen LogP contribution in [0.15, 0.2) is 5.10 Å². The van der Waals surface area contributed by atoms with Crippen LogP contribution in [0.5, 0.6) is 0 Å². The quantitative estimate of drug-likeness (QED) is 0.365. The highest BCUT2D eigenvalue weighted by molar-refractivity contribution is 6.69. The van der Waals surface area contributed by atoms with Crippen molar-refractivity contribution >= 4 is 14.0 Å². The lowest BCUT2D eigenvalue weighted by atomic mass is 9.89. The number of methoxy groups -OCH3 is 1. The lowest BCUT2D eigenvalue weighted by molar-refractivity contribution is 0.0737. The highest BCUT2D eigenvalue weighted by Gasteiger charge is 2.34. The molecule has 0 aromatic heterocycles. The first-order chi connectivity index (χ1) is 11.6. The molecule has 0 aromatic rings. The van der Waals surface area contributed by atoms with Crippen molar-refractivity contribution in [3.8, 4) is 0 Å². The highest BCUT2D eigenvalue weighted by Crippen LogP contribution is 2.30. The molecule has 0 radical (unpaired) electrons. The van der Waals surface area contributed by atoms with Crippen LogP contribution in [-0.4, -0.2) is 50.9 Å². The van der Waals surface area contributed by atoms with E-state index in [1.807, 2.05) is 0 Å². The largest absolute Gasteiger partial charge is 0.412 e. The van der Waals surface area contributed by atoms with Crippen LogP contribution in [0.3, 0.4) is 0 Å². The van der Waals surface area contributed by atoms with Crippen LogP contribution in [0.1, 0.15) is 66.2 Å². The zero-order valence-corrected chi connectivity index (χ0v) is 19.0. The molecule has 148 valence electrons. The van der Waals surface area contributed by atoms with Gasteiger partial charge in [0.15, 0.2) is 8.32 Å². The zero-order valence-electron chi connectivity index (χ0n) is 18.0.